The molecule has 3 aromatic rings. The lowest BCUT2D eigenvalue weighted by Gasteiger charge is -2.11. The Morgan fingerprint density at radius 2 is 1.88 bits per heavy atom. The van der Waals surface area contributed by atoms with Crippen LogP contribution in [0.2, 0.25) is 5.02 Å². The van der Waals surface area contributed by atoms with Gasteiger partial charge in [0.25, 0.3) is 5.56 Å². The molecule has 1 heterocycles. The number of rotatable bonds is 5. The summed E-state index contributed by atoms with van der Waals surface area (Å²) in [5.74, 6) is 0.348. The summed E-state index contributed by atoms with van der Waals surface area (Å²) >= 11 is 7.49. The fourth-order valence-electron chi connectivity index (χ4n) is 2.07. The van der Waals surface area contributed by atoms with Crippen LogP contribution in [-0.4, -0.2) is 14.8 Å². The van der Waals surface area contributed by atoms with Crippen LogP contribution >= 0.6 is 23.4 Å². The summed E-state index contributed by atoms with van der Waals surface area (Å²) in [5.41, 5.74) is 0.711. The predicted molar refractivity (Wildman–Crippen MR) is 98.0 cm³/mol. The number of hydrogen-bond donors (Lipinski definition) is 1. The number of thioether (sulfide) groups is 1. The van der Waals surface area contributed by atoms with Crippen molar-refractivity contribution in [2.75, 3.05) is 5.32 Å². The van der Waals surface area contributed by atoms with Crippen molar-refractivity contribution in [1.29, 1.82) is 0 Å². The van der Waals surface area contributed by atoms with Gasteiger partial charge in [-0.05, 0) is 36.4 Å². The van der Waals surface area contributed by atoms with Crippen molar-refractivity contribution in [3.05, 3.63) is 75.4 Å². The topological polar surface area (TPSA) is 59.8 Å². The first kappa shape index (κ1) is 17.4. The Kier molecular flexibility index (Phi) is 5.35. The quantitative estimate of drug-likeness (QED) is 0.682. The van der Waals surface area contributed by atoms with Crippen LogP contribution in [0.15, 0.2) is 58.2 Å². The SMILES string of the molecule is Cn1c(Nc2ccccc2Cl)nnc(CSc2ccc(F)cc2)c1=O. The van der Waals surface area contributed by atoms with Gasteiger partial charge in [0.15, 0.2) is 0 Å². The number of nitrogens with one attached hydrogen (secondary N) is 1. The lowest BCUT2D eigenvalue weighted by atomic mass is 10.3. The Bertz CT molecular complexity index is 946. The first-order chi connectivity index (χ1) is 12.0. The molecule has 0 spiro atoms. The highest BCUT2D eigenvalue weighted by Crippen LogP contribution is 2.24. The molecule has 0 atom stereocenters. The van der Waals surface area contributed by atoms with E-state index in [-0.39, 0.29) is 11.4 Å². The van der Waals surface area contributed by atoms with E-state index >= 15 is 0 Å². The van der Waals surface area contributed by atoms with E-state index in [9.17, 15) is 9.18 Å². The van der Waals surface area contributed by atoms with Gasteiger partial charge in [0, 0.05) is 17.7 Å². The third-order valence-electron chi connectivity index (χ3n) is 3.44. The van der Waals surface area contributed by atoms with E-state index < -0.39 is 0 Å². The van der Waals surface area contributed by atoms with E-state index in [0.29, 0.717) is 28.1 Å². The maximum Gasteiger partial charge on any atom is 0.277 e. The molecule has 128 valence electrons. The number of benzene rings is 2. The van der Waals surface area contributed by atoms with Gasteiger partial charge in [-0.2, -0.15) is 0 Å². The van der Waals surface area contributed by atoms with Crippen molar-refractivity contribution in [1.82, 2.24) is 14.8 Å². The fourth-order valence-corrected chi connectivity index (χ4v) is 3.07. The normalized spacial score (nSPS) is 10.7. The average molecular weight is 377 g/mol. The minimum Gasteiger partial charge on any atom is -0.323 e. The molecule has 0 unspecified atom stereocenters. The Morgan fingerprint density at radius 1 is 1.16 bits per heavy atom. The summed E-state index contributed by atoms with van der Waals surface area (Å²) in [4.78, 5) is 13.3. The van der Waals surface area contributed by atoms with E-state index in [0.717, 1.165) is 4.90 Å². The minimum atomic E-state index is -0.296. The standard InChI is InChI=1S/C17H14ClFN4OS/c1-23-16(24)15(10-25-12-8-6-11(19)7-9-12)21-22-17(23)20-14-5-3-2-4-13(14)18/h2-9H,10H2,1H3,(H,20,22). The maximum atomic E-state index is 12.9. The second-order valence-corrected chi connectivity index (χ2v) is 6.64. The minimum absolute atomic E-state index is 0.251. The van der Waals surface area contributed by atoms with Crippen molar-refractivity contribution < 1.29 is 4.39 Å². The molecule has 0 radical (unpaired) electrons. The van der Waals surface area contributed by atoms with E-state index in [2.05, 4.69) is 15.5 Å². The number of nitrogens with zero attached hydrogens (tertiary/aromatic N) is 3. The van der Waals surface area contributed by atoms with Crippen LogP contribution in [0.5, 0.6) is 0 Å². The van der Waals surface area contributed by atoms with E-state index in [1.165, 1.54) is 28.5 Å². The molecule has 0 aliphatic rings. The average Bonchev–Trinajstić information content (AvgIpc) is 2.61. The molecule has 5 nitrogen and oxygen atoms in total. The monoisotopic (exact) mass is 376 g/mol. The van der Waals surface area contributed by atoms with Gasteiger partial charge in [0.2, 0.25) is 5.95 Å². The summed E-state index contributed by atoms with van der Waals surface area (Å²) < 4.78 is 14.3. The molecule has 8 heteroatoms. The molecule has 0 aliphatic heterocycles. The van der Waals surface area contributed by atoms with Crippen LogP contribution in [0.3, 0.4) is 0 Å². The number of para-hydroxylation sites is 1. The van der Waals surface area contributed by atoms with Gasteiger partial charge in [-0.25, -0.2) is 4.39 Å². The second-order valence-electron chi connectivity index (χ2n) is 5.18. The summed E-state index contributed by atoms with van der Waals surface area (Å²) in [6, 6.07) is 13.2. The van der Waals surface area contributed by atoms with Crippen LogP contribution < -0.4 is 10.9 Å². The second kappa shape index (κ2) is 7.67. The van der Waals surface area contributed by atoms with Gasteiger partial charge in [-0.1, -0.05) is 23.7 Å². The van der Waals surface area contributed by atoms with Gasteiger partial charge in [-0.3, -0.25) is 9.36 Å². The smallest absolute Gasteiger partial charge is 0.277 e. The Balaban J connectivity index is 1.77. The zero-order chi connectivity index (χ0) is 17.8. The number of aromatic nitrogens is 3. The molecular formula is C17H14ClFN4OS. The molecular weight excluding hydrogens is 363 g/mol. The largest absolute Gasteiger partial charge is 0.323 e. The Morgan fingerprint density at radius 3 is 2.60 bits per heavy atom. The van der Waals surface area contributed by atoms with E-state index in [1.54, 1.807) is 31.3 Å². The van der Waals surface area contributed by atoms with Crippen molar-refractivity contribution in [2.45, 2.75) is 10.6 Å². The van der Waals surface area contributed by atoms with Gasteiger partial charge in [-0.15, -0.1) is 22.0 Å². The van der Waals surface area contributed by atoms with E-state index in [1.807, 2.05) is 12.1 Å². The number of anilines is 2. The van der Waals surface area contributed by atoms with Crippen molar-refractivity contribution in [3.63, 3.8) is 0 Å². The first-order valence-electron chi connectivity index (χ1n) is 7.37. The van der Waals surface area contributed by atoms with Gasteiger partial charge in [0.05, 0.1) is 10.7 Å². The van der Waals surface area contributed by atoms with Crippen LogP contribution in [0.1, 0.15) is 5.69 Å². The molecule has 1 N–H and O–H groups in total. The predicted octanol–water partition coefficient (Wildman–Crippen LogP) is 4.00. The highest BCUT2D eigenvalue weighted by molar-refractivity contribution is 7.98. The van der Waals surface area contributed by atoms with Crippen LogP contribution in [-0.2, 0) is 12.8 Å². The van der Waals surface area contributed by atoms with Gasteiger partial charge >= 0.3 is 0 Å². The molecule has 2 aromatic carbocycles. The molecule has 0 saturated heterocycles. The lowest BCUT2D eigenvalue weighted by molar-refractivity contribution is 0.626. The number of halogens is 2. The van der Waals surface area contributed by atoms with Crippen LogP contribution in [0.25, 0.3) is 0 Å². The fraction of sp³-hybridized carbons (Fsp3) is 0.118. The molecule has 0 saturated carbocycles. The molecule has 25 heavy (non-hydrogen) atoms. The zero-order valence-electron chi connectivity index (χ0n) is 13.2. The third kappa shape index (κ3) is 4.18. The highest BCUT2D eigenvalue weighted by Gasteiger charge is 2.11. The van der Waals surface area contributed by atoms with Crippen molar-refractivity contribution >= 4 is 35.0 Å². The van der Waals surface area contributed by atoms with Crippen molar-refractivity contribution in [2.24, 2.45) is 7.05 Å². The van der Waals surface area contributed by atoms with Gasteiger partial charge < -0.3 is 5.32 Å². The van der Waals surface area contributed by atoms with Crippen LogP contribution in [0, 0.1) is 5.82 Å². The van der Waals surface area contributed by atoms with Crippen molar-refractivity contribution in [3.8, 4) is 0 Å². The molecule has 0 aliphatic carbocycles. The zero-order valence-corrected chi connectivity index (χ0v) is 14.8. The lowest BCUT2D eigenvalue weighted by Crippen LogP contribution is -2.26. The molecule has 1 aromatic heterocycles. The molecule has 3 rings (SSSR count). The Hall–Kier alpha value is -2.38. The first-order valence-corrected chi connectivity index (χ1v) is 8.73. The van der Waals surface area contributed by atoms with Crippen LogP contribution in [0.4, 0.5) is 16.0 Å². The molecule has 0 amide bonds. The summed E-state index contributed by atoms with van der Waals surface area (Å²) in [7, 11) is 1.61. The third-order valence-corrected chi connectivity index (χ3v) is 4.80. The summed E-state index contributed by atoms with van der Waals surface area (Å²) in [6.45, 7) is 0. The van der Waals surface area contributed by atoms with E-state index in [4.69, 9.17) is 11.6 Å². The molecule has 0 bridgehead atoms. The van der Waals surface area contributed by atoms with Gasteiger partial charge in [0.1, 0.15) is 11.5 Å². The summed E-state index contributed by atoms with van der Waals surface area (Å²) in [5, 5.41) is 11.6. The Labute approximate surface area is 152 Å². The highest BCUT2D eigenvalue weighted by atomic mass is 35.5. The molecule has 0 fully saturated rings. The summed E-state index contributed by atoms with van der Waals surface area (Å²) in [6.07, 6.45) is 0. The number of hydrogen-bond acceptors (Lipinski definition) is 5. The maximum absolute atomic E-state index is 12.9.